The zero-order chi connectivity index (χ0) is 18.3. The van der Waals surface area contributed by atoms with Crippen molar-refractivity contribution in [2.45, 2.75) is 29.8 Å². The fourth-order valence-electron chi connectivity index (χ4n) is 4.70. The van der Waals surface area contributed by atoms with Crippen molar-refractivity contribution in [1.29, 1.82) is 0 Å². The van der Waals surface area contributed by atoms with Crippen LogP contribution in [0.15, 0.2) is 91.0 Å². The summed E-state index contributed by atoms with van der Waals surface area (Å²) in [6.07, 6.45) is 0.465. The quantitative estimate of drug-likeness (QED) is 0.757. The molecule has 2 heterocycles. The summed E-state index contributed by atoms with van der Waals surface area (Å²) in [5.41, 5.74) is 2.17. The maximum absolute atomic E-state index is 11.9. The normalized spacial score (nSPS) is 32.3. The van der Waals surface area contributed by atoms with Crippen LogP contribution >= 0.6 is 0 Å². The predicted octanol–water partition coefficient (Wildman–Crippen LogP) is 4.33. The van der Waals surface area contributed by atoms with Gasteiger partial charge in [0.2, 0.25) is 5.79 Å². The number of hydrogen-bond acceptors (Lipinski definition) is 3. The van der Waals surface area contributed by atoms with Crippen LogP contribution in [0.1, 0.15) is 29.0 Å². The fourth-order valence-corrected chi connectivity index (χ4v) is 4.70. The van der Waals surface area contributed by atoms with E-state index in [4.69, 9.17) is 9.47 Å². The van der Waals surface area contributed by atoms with E-state index in [1.165, 1.54) is 0 Å². The Hall–Kier alpha value is -2.46. The van der Waals surface area contributed by atoms with Gasteiger partial charge in [0.25, 0.3) is 0 Å². The van der Waals surface area contributed by atoms with Gasteiger partial charge in [0.05, 0.1) is 12.5 Å². The summed E-state index contributed by atoms with van der Waals surface area (Å²) in [6.45, 7) is 0.619. The Balaban J connectivity index is 1.71. The molecule has 136 valence electrons. The molecule has 5 rings (SSSR count). The molecule has 2 aliphatic heterocycles. The Morgan fingerprint density at radius 3 is 1.93 bits per heavy atom. The van der Waals surface area contributed by atoms with Gasteiger partial charge in [-0.1, -0.05) is 91.0 Å². The SMILES string of the molecule is O[C@]1(c2ccccc2)O[C@@]2(c3ccccc3)CCO[C@H]2[C@@H]1c1ccccc1. The van der Waals surface area contributed by atoms with Crippen molar-refractivity contribution < 1.29 is 14.6 Å². The smallest absolute Gasteiger partial charge is 0.203 e. The number of benzene rings is 3. The average Bonchev–Trinajstić information content (AvgIpc) is 3.25. The molecule has 3 aromatic carbocycles. The van der Waals surface area contributed by atoms with E-state index in [2.05, 4.69) is 12.1 Å². The minimum atomic E-state index is -1.45. The van der Waals surface area contributed by atoms with E-state index in [1.54, 1.807) is 0 Å². The number of fused-ring (bicyclic) bond motifs is 1. The first-order valence-corrected chi connectivity index (χ1v) is 9.44. The molecule has 0 saturated carbocycles. The third-order valence-corrected chi connectivity index (χ3v) is 5.90. The number of aliphatic hydroxyl groups is 1. The molecule has 1 N–H and O–H groups in total. The lowest BCUT2D eigenvalue weighted by Crippen LogP contribution is -2.34. The van der Waals surface area contributed by atoms with Crippen molar-refractivity contribution in [2.24, 2.45) is 0 Å². The molecule has 3 heteroatoms. The molecular formula is C24H22O3. The number of rotatable bonds is 3. The average molecular weight is 358 g/mol. The lowest BCUT2D eigenvalue weighted by atomic mass is 9.77. The van der Waals surface area contributed by atoms with Crippen LogP contribution in [0.25, 0.3) is 0 Å². The second-order valence-corrected chi connectivity index (χ2v) is 7.35. The van der Waals surface area contributed by atoms with Gasteiger partial charge in [0.1, 0.15) is 11.7 Å². The highest BCUT2D eigenvalue weighted by Gasteiger charge is 2.66. The summed E-state index contributed by atoms with van der Waals surface area (Å²) in [7, 11) is 0. The Bertz CT molecular complexity index is 912. The maximum Gasteiger partial charge on any atom is 0.203 e. The van der Waals surface area contributed by atoms with Gasteiger partial charge in [-0.3, -0.25) is 0 Å². The summed E-state index contributed by atoms with van der Waals surface area (Å²) in [6, 6.07) is 29.9. The summed E-state index contributed by atoms with van der Waals surface area (Å²) >= 11 is 0. The molecule has 27 heavy (non-hydrogen) atoms. The van der Waals surface area contributed by atoms with Crippen LogP contribution in [0, 0.1) is 0 Å². The lowest BCUT2D eigenvalue weighted by molar-refractivity contribution is -0.241. The van der Waals surface area contributed by atoms with Crippen molar-refractivity contribution in [3.05, 3.63) is 108 Å². The molecule has 0 radical (unpaired) electrons. The van der Waals surface area contributed by atoms with Gasteiger partial charge in [-0.25, -0.2) is 0 Å². The lowest BCUT2D eigenvalue weighted by Gasteiger charge is -2.32. The molecule has 0 amide bonds. The molecule has 0 spiro atoms. The topological polar surface area (TPSA) is 38.7 Å². The molecule has 0 aliphatic carbocycles. The first-order chi connectivity index (χ1) is 13.2. The van der Waals surface area contributed by atoms with Gasteiger partial charge in [-0.15, -0.1) is 0 Å². The first kappa shape index (κ1) is 16.7. The predicted molar refractivity (Wildman–Crippen MR) is 103 cm³/mol. The minimum absolute atomic E-state index is 0.257. The zero-order valence-corrected chi connectivity index (χ0v) is 15.0. The van der Waals surface area contributed by atoms with Gasteiger partial charge < -0.3 is 14.6 Å². The highest BCUT2D eigenvalue weighted by molar-refractivity contribution is 5.39. The molecule has 2 fully saturated rings. The summed E-state index contributed by atoms with van der Waals surface area (Å²) in [5.74, 6) is -1.77. The monoisotopic (exact) mass is 358 g/mol. The van der Waals surface area contributed by atoms with E-state index < -0.39 is 11.4 Å². The van der Waals surface area contributed by atoms with Gasteiger partial charge >= 0.3 is 0 Å². The van der Waals surface area contributed by atoms with Gasteiger partial charge in [0, 0.05) is 12.0 Å². The van der Waals surface area contributed by atoms with Crippen molar-refractivity contribution >= 4 is 0 Å². The second-order valence-electron chi connectivity index (χ2n) is 7.35. The van der Waals surface area contributed by atoms with Crippen LogP contribution in [0.4, 0.5) is 0 Å². The number of ether oxygens (including phenoxy) is 2. The van der Waals surface area contributed by atoms with E-state index in [1.807, 2.05) is 78.9 Å². The Morgan fingerprint density at radius 2 is 1.30 bits per heavy atom. The second kappa shape index (κ2) is 6.31. The van der Waals surface area contributed by atoms with E-state index in [-0.39, 0.29) is 12.0 Å². The van der Waals surface area contributed by atoms with Crippen LogP contribution in [-0.2, 0) is 20.9 Å². The zero-order valence-electron chi connectivity index (χ0n) is 15.0. The van der Waals surface area contributed by atoms with E-state index in [0.717, 1.165) is 23.1 Å². The third-order valence-electron chi connectivity index (χ3n) is 5.90. The summed E-state index contributed by atoms with van der Waals surface area (Å²) in [4.78, 5) is 0. The molecule has 0 bridgehead atoms. The van der Waals surface area contributed by atoms with Crippen molar-refractivity contribution in [3.8, 4) is 0 Å². The van der Waals surface area contributed by atoms with E-state index >= 15 is 0 Å². The van der Waals surface area contributed by atoms with E-state index in [9.17, 15) is 5.11 Å². The highest BCUT2D eigenvalue weighted by atomic mass is 16.7. The van der Waals surface area contributed by atoms with Crippen LogP contribution in [0.5, 0.6) is 0 Å². The Morgan fingerprint density at radius 1 is 0.741 bits per heavy atom. The van der Waals surface area contributed by atoms with Crippen LogP contribution < -0.4 is 0 Å². The molecule has 2 aliphatic rings. The molecule has 4 atom stereocenters. The molecule has 0 unspecified atom stereocenters. The van der Waals surface area contributed by atoms with Gasteiger partial charge in [-0.05, 0) is 11.1 Å². The minimum Gasteiger partial charge on any atom is -0.374 e. The molecule has 0 aromatic heterocycles. The van der Waals surface area contributed by atoms with Crippen LogP contribution in [0.2, 0.25) is 0 Å². The molecule has 3 aromatic rings. The van der Waals surface area contributed by atoms with E-state index in [0.29, 0.717) is 6.61 Å². The summed E-state index contributed by atoms with van der Waals surface area (Å²) in [5, 5.41) is 11.9. The molecular weight excluding hydrogens is 336 g/mol. The summed E-state index contributed by atoms with van der Waals surface area (Å²) < 4.78 is 12.9. The maximum atomic E-state index is 11.9. The number of hydrogen-bond donors (Lipinski definition) is 1. The Kier molecular flexibility index (Phi) is 3.90. The van der Waals surface area contributed by atoms with Gasteiger partial charge in [0.15, 0.2) is 0 Å². The molecule has 3 nitrogen and oxygen atoms in total. The largest absolute Gasteiger partial charge is 0.374 e. The van der Waals surface area contributed by atoms with Gasteiger partial charge in [-0.2, -0.15) is 0 Å². The standard InChI is InChI=1S/C24H22O3/c25-24(20-14-8-3-9-15-20)21(18-10-4-1-5-11-18)22-23(27-24,16-17-26-22)19-12-6-2-7-13-19/h1-15,21-22,25H,16-17H2/t21-,22-,23+,24+/m0/s1. The molecule has 2 saturated heterocycles. The fraction of sp³-hybridized carbons (Fsp3) is 0.250. The van der Waals surface area contributed by atoms with Crippen LogP contribution in [0.3, 0.4) is 0 Å². The van der Waals surface area contributed by atoms with Crippen molar-refractivity contribution in [1.82, 2.24) is 0 Å². The third kappa shape index (κ3) is 2.47. The first-order valence-electron chi connectivity index (χ1n) is 9.44. The van der Waals surface area contributed by atoms with Crippen LogP contribution in [-0.4, -0.2) is 17.8 Å². The Labute approximate surface area is 159 Å². The highest BCUT2D eigenvalue weighted by Crippen LogP contribution is 2.60. The van der Waals surface area contributed by atoms with Crippen molar-refractivity contribution in [2.75, 3.05) is 6.61 Å². The van der Waals surface area contributed by atoms with Crippen molar-refractivity contribution in [3.63, 3.8) is 0 Å².